The molecule has 0 fully saturated rings. The van der Waals surface area contributed by atoms with Crippen LogP contribution in [0, 0.1) is 10.1 Å². The van der Waals surface area contributed by atoms with E-state index < -0.39 is 4.92 Å². The molecule has 0 aliphatic heterocycles. The zero-order chi connectivity index (χ0) is 18.1. The number of nitrogens with one attached hydrogen (secondary N) is 1. The SMILES string of the molecule is NCCN(CCc1ccccc1)CC(=O)Nc1ccccc1[N+](=O)[O-]. The molecule has 25 heavy (non-hydrogen) atoms. The Labute approximate surface area is 146 Å². The fraction of sp³-hybridized carbons (Fsp3) is 0.278. The van der Waals surface area contributed by atoms with Crippen molar-refractivity contribution < 1.29 is 9.72 Å². The van der Waals surface area contributed by atoms with Crippen molar-refractivity contribution in [2.75, 3.05) is 31.5 Å². The number of benzene rings is 2. The van der Waals surface area contributed by atoms with E-state index in [2.05, 4.69) is 5.32 Å². The maximum absolute atomic E-state index is 12.3. The topological polar surface area (TPSA) is 102 Å². The van der Waals surface area contributed by atoms with Crippen LogP contribution in [0.15, 0.2) is 54.6 Å². The molecule has 2 aromatic carbocycles. The van der Waals surface area contributed by atoms with Gasteiger partial charge in [-0.15, -0.1) is 0 Å². The molecule has 0 heterocycles. The Morgan fingerprint density at radius 2 is 1.76 bits per heavy atom. The number of hydrogen-bond acceptors (Lipinski definition) is 5. The average Bonchev–Trinajstić information content (AvgIpc) is 2.61. The van der Waals surface area contributed by atoms with Crippen molar-refractivity contribution in [1.29, 1.82) is 0 Å². The lowest BCUT2D eigenvalue weighted by atomic mass is 10.1. The lowest BCUT2D eigenvalue weighted by Crippen LogP contribution is -2.38. The van der Waals surface area contributed by atoms with Crippen molar-refractivity contribution >= 4 is 17.3 Å². The van der Waals surface area contributed by atoms with Crippen LogP contribution in [-0.2, 0) is 11.2 Å². The van der Waals surface area contributed by atoms with Crippen molar-refractivity contribution in [1.82, 2.24) is 4.90 Å². The summed E-state index contributed by atoms with van der Waals surface area (Å²) in [5.74, 6) is -0.296. The second kappa shape index (κ2) is 9.51. The maximum Gasteiger partial charge on any atom is 0.292 e. The third-order valence-electron chi connectivity index (χ3n) is 3.75. The Bertz CT molecular complexity index is 706. The summed E-state index contributed by atoms with van der Waals surface area (Å²) in [6.07, 6.45) is 0.805. The molecule has 0 atom stereocenters. The van der Waals surface area contributed by atoms with Gasteiger partial charge >= 0.3 is 0 Å². The van der Waals surface area contributed by atoms with E-state index in [0.29, 0.717) is 19.6 Å². The van der Waals surface area contributed by atoms with Crippen LogP contribution in [0.4, 0.5) is 11.4 Å². The molecule has 2 aromatic rings. The first kappa shape index (κ1) is 18.6. The van der Waals surface area contributed by atoms with E-state index in [1.165, 1.54) is 17.7 Å². The van der Waals surface area contributed by atoms with Crippen molar-refractivity contribution in [3.8, 4) is 0 Å². The van der Waals surface area contributed by atoms with Gasteiger partial charge in [-0.25, -0.2) is 0 Å². The Morgan fingerprint density at radius 3 is 2.44 bits per heavy atom. The molecule has 0 aromatic heterocycles. The quantitative estimate of drug-likeness (QED) is 0.536. The normalized spacial score (nSPS) is 10.6. The molecule has 132 valence electrons. The summed E-state index contributed by atoms with van der Waals surface area (Å²) < 4.78 is 0. The van der Waals surface area contributed by atoms with Crippen LogP contribution in [0.3, 0.4) is 0 Å². The highest BCUT2D eigenvalue weighted by Crippen LogP contribution is 2.22. The van der Waals surface area contributed by atoms with Gasteiger partial charge in [-0.3, -0.25) is 19.8 Å². The van der Waals surface area contributed by atoms with E-state index in [1.54, 1.807) is 12.1 Å². The largest absolute Gasteiger partial charge is 0.329 e. The number of para-hydroxylation sites is 2. The number of nitrogens with two attached hydrogens (primary N) is 1. The highest BCUT2D eigenvalue weighted by Gasteiger charge is 2.16. The number of nitro benzene ring substituents is 1. The first-order valence-corrected chi connectivity index (χ1v) is 8.09. The third kappa shape index (κ3) is 5.98. The Morgan fingerprint density at radius 1 is 1.08 bits per heavy atom. The molecule has 0 bridgehead atoms. The van der Waals surface area contributed by atoms with Crippen LogP contribution in [0.25, 0.3) is 0 Å². The van der Waals surface area contributed by atoms with Crippen molar-refractivity contribution in [2.24, 2.45) is 5.73 Å². The summed E-state index contributed by atoms with van der Waals surface area (Å²) in [5.41, 5.74) is 6.89. The van der Waals surface area contributed by atoms with Gasteiger partial charge in [0.2, 0.25) is 5.91 Å². The van der Waals surface area contributed by atoms with Crippen LogP contribution in [0.5, 0.6) is 0 Å². The lowest BCUT2D eigenvalue weighted by Gasteiger charge is -2.21. The monoisotopic (exact) mass is 342 g/mol. The van der Waals surface area contributed by atoms with Crippen LogP contribution < -0.4 is 11.1 Å². The number of carbonyl (C=O) groups excluding carboxylic acids is 1. The molecule has 1 amide bonds. The summed E-state index contributed by atoms with van der Waals surface area (Å²) in [6.45, 7) is 1.84. The number of amides is 1. The first-order chi connectivity index (χ1) is 12.1. The van der Waals surface area contributed by atoms with Crippen LogP contribution >= 0.6 is 0 Å². The minimum atomic E-state index is -0.511. The van der Waals surface area contributed by atoms with E-state index in [-0.39, 0.29) is 23.8 Å². The van der Waals surface area contributed by atoms with Crippen molar-refractivity contribution in [3.05, 3.63) is 70.3 Å². The molecule has 0 radical (unpaired) electrons. The Balaban J connectivity index is 1.94. The van der Waals surface area contributed by atoms with Crippen molar-refractivity contribution in [3.63, 3.8) is 0 Å². The van der Waals surface area contributed by atoms with Gasteiger partial charge in [0, 0.05) is 25.7 Å². The van der Waals surface area contributed by atoms with Gasteiger partial charge in [0.15, 0.2) is 0 Å². The lowest BCUT2D eigenvalue weighted by molar-refractivity contribution is -0.383. The van der Waals surface area contributed by atoms with E-state index in [0.717, 1.165) is 6.42 Å². The van der Waals surface area contributed by atoms with E-state index in [4.69, 9.17) is 5.73 Å². The van der Waals surface area contributed by atoms with E-state index >= 15 is 0 Å². The number of rotatable bonds is 9. The third-order valence-corrected chi connectivity index (χ3v) is 3.75. The summed E-state index contributed by atoms with van der Waals surface area (Å²) >= 11 is 0. The van der Waals surface area contributed by atoms with Gasteiger partial charge in [-0.2, -0.15) is 0 Å². The summed E-state index contributed by atoms with van der Waals surface area (Å²) in [7, 11) is 0. The van der Waals surface area contributed by atoms with Crippen molar-refractivity contribution in [2.45, 2.75) is 6.42 Å². The van der Waals surface area contributed by atoms with Gasteiger partial charge in [0.05, 0.1) is 11.5 Å². The zero-order valence-corrected chi connectivity index (χ0v) is 13.9. The molecule has 0 unspecified atom stereocenters. The molecule has 0 aliphatic rings. The van der Waals surface area contributed by atoms with Gasteiger partial charge in [-0.05, 0) is 18.1 Å². The fourth-order valence-corrected chi connectivity index (χ4v) is 2.52. The number of nitro groups is 1. The Hall–Kier alpha value is -2.77. The van der Waals surface area contributed by atoms with Crippen LogP contribution in [-0.4, -0.2) is 41.9 Å². The standard InChI is InChI=1S/C18H22N4O3/c19-11-13-21(12-10-15-6-2-1-3-7-15)14-18(23)20-16-8-4-5-9-17(16)22(24)25/h1-9H,10-14,19H2,(H,20,23). The molecule has 2 rings (SSSR count). The fourth-order valence-electron chi connectivity index (χ4n) is 2.52. The second-order valence-electron chi connectivity index (χ2n) is 5.62. The summed E-state index contributed by atoms with van der Waals surface area (Å²) in [5, 5.41) is 13.6. The summed E-state index contributed by atoms with van der Waals surface area (Å²) in [4.78, 5) is 24.7. The van der Waals surface area contributed by atoms with Crippen LogP contribution in [0.2, 0.25) is 0 Å². The highest BCUT2D eigenvalue weighted by molar-refractivity contribution is 5.94. The number of hydrogen-bond donors (Lipinski definition) is 2. The molecule has 0 saturated heterocycles. The van der Waals surface area contributed by atoms with Gasteiger partial charge in [0.25, 0.3) is 5.69 Å². The van der Waals surface area contributed by atoms with Gasteiger partial charge in [0.1, 0.15) is 5.69 Å². The van der Waals surface area contributed by atoms with Gasteiger partial charge in [-0.1, -0.05) is 42.5 Å². The number of carbonyl (C=O) groups is 1. The van der Waals surface area contributed by atoms with E-state index in [9.17, 15) is 14.9 Å². The number of nitrogens with zero attached hydrogens (tertiary/aromatic N) is 2. The predicted octanol–water partition coefficient (Wildman–Crippen LogP) is 2.04. The van der Waals surface area contributed by atoms with E-state index in [1.807, 2.05) is 35.2 Å². The predicted molar refractivity (Wildman–Crippen MR) is 97.4 cm³/mol. The number of anilines is 1. The molecule has 7 nitrogen and oxygen atoms in total. The highest BCUT2D eigenvalue weighted by atomic mass is 16.6. The average molecular weight is 342 g/mol. The maximum atomic E-state index is 12.3. The molecule has 0 saturated carbocycles. The molecular weight excluding hydrogens is 320 g/mol. The van der Waals surface area contributed by atoms with Crippen LogP contribution in [0.1, 0.15) is 5.56 Å². The molecule has 7 heteroatoms. The molecular formula is C18H22N4O3. The van der Waals surface area contributed by atoms with Gasteiger partial charge < -0.3 is 11.1 Å². The molecule has 0 spiro atoms. The first-order valence-electron chi connectivity index (χ1n) is 8.09. The smallest absolute Gasteiger partial charge is 0.292 e. The molecule has 3 N–H and O–H groups in total. The summed E-state index contributed by atoms with van der Waals surface area (Å²) in [6, 6.07) is 16.1. The second-order valence-corrected chi connectivity index (χ2v) is 5.62. The zero-order valence-electron chi connectivity index (χ0n) is 13.9. The minimum Gasteiger partial charge on any atom is -0.329 e. The minimum absolute atomic E-state index is 0.120. The molecule has 0 aliphatic carbocycles. The Kier molecular flexibility index (Phi) is 7.06.